The molecule has 1 aromatic rings. The molecule has 0 heterocycles. The number of hydrogen-bond acceptors (Lipinski definition) is 5. The fraction of sp³-hybridized carbons (Fsp3) is 0.529. The van der Waals surface area contributed by atoms with Crippen molar-refractivity contribution in [1.29, 1.82) is 0 Å². The molecule has 7 nitrogen and oxygen atoms in total. The van der Waals surface area contributed by atoms with Crippen molar-refractivity contribution in [3.05, 3.63) is 33.9 Å². The van der Waals surface area contributed by atoms with E-state index in [9.17, 15) is 104 Å². The molecule has 0 aliphatic rings. The quantitative estimate of drug-likeness (QED) is 0.279. The van der Waals surface area contributed by atoms with E-state index in [-0.39, 0.29) is 0 Å². The van der Waals surface area contributed by atoms with E-state index >= 15 is 0 Å². The first kappa shape index (κ1) is 36.8. The van der Waals surface area contributed by atoms with Crippen LogP contribution in [0.1, 0.15) is 37.4 Å². The third-order valence-electron chi connectivity index (χ3n) is 5.34. The highest BCUT2D eigenvalue weighted by molar-refractivity contribution is 5.98. The maximum absolute atomic E-state index is 13.7. The number of carboxylic acids is 2. The molecule has 0 bridgehead atoms. The topological polar surface area (TPSA) is 135 Å². The first-order valence-electron chi connectivity index (χ1n) is 9.26. The molecule has 1 rings (SSSR count). The highest BCUT2D eigenvalue weighted by atomic mass is 19.4. The summed E-state index contributed by atoms with van der Waals surface area (Å²) in [6.45, 7) is 0. The minimum atomic E-state index is -8.13. The molecule has 0 saturated carbocycles. The summed E-state index contributed by atoms with van der Waals surface area (Å²) in [4.78, 5) is 22.9. The third kappa shape index (κ3) is 5.03. The highest BCUT2D eigenvalue weighted by Crippen LogP contribution is 2.62. The zero-order valence-electron chi connectivity index (χ0n) is 18.4. The number of aromatic carboxylic acids is 2. The standard InChI is InChI=1S/C17H6F18O7/c18-12(19,20)9(40,13(21,22)23)4-2(7(36)37)1-3(8(38)39)5(10(41,14(24,25)26)15(27,28)29)6(4)11(42,16(30,31)32)17(33,34)35/h1,40-42H,(H,36,37)(H,38,39). The van der Waals surface area contributed by atoms with Crippen LogP contribution in [-0.2, 0) is 16.8 Å². The Morgan fingerprint density at radius 1 is 0.405 bits per heavy atom. The number of benzene rings is 1. The summed E-state index contributed by atoms with van der Waals surface area (Å²) >= 11 is 0. The number of aliphatic hydroxyl groups is 3. The van der Waals surface area contributed by atoms with Crippen molar-refractivity contribution in [2.24, 2.45) is 0 Å². The molecule has 0 spiro atoms. The smallest absolute Gasteiger partial charge is 0.430 e. The third-order valence-corrected chi connectivity index (χ3v) is 5.34. The predicted octanol–water partition coefficient (Wildman–Crippen LogP) is 5.02. The van der Waals surface area contributed by atoms with Crippen molar-refractivity contribution in [3.8, 4) is 0 Å². The van der Waals surface area contributed by atoms with Gasteiger partial charge in [-0.3, -0.25) is 0 Å². The van der Waals surface area contributed by atoms with Crippen LogP contribution in [0.2, 0.25) is 0 Å². The Kier molecular flexibility index (Phi) is 8.46. The van der Waals surface area contributed by atoms with Gasteiger partial charge >= 0.3 is 49.0 Å². The first-order valence-corrected chi connectivity index (χ1v) is 9.26. The maximum Gasteiger partial charge on any atom is 0.430 e. The molecule has 0 unspecified atom stereocenters. The molecule has 0 atom stereocenters. The van der Waals surface area contributed by atoms with E-state index < -0.39 is 99.7 Å². The number of carbonyl (C=O) groups is 2. The van der Waals surface area contributed by atoms with Crippen molar-refractivity contribution in [2.45, 2.75) is 53.9 Å². The van der Waals surface area contributed by atoms with Crippen molar-refractivity contribution >= 4 is 11.9 Å². The zero-order valence-corrected chi connectivity index (χ0v) is 18.4. The summed E-state index contributed by atoms with van der Waals surface area (Å²) in [5.41, 5.74) is -45.2. The van der Waals surface area contributed by atoms with E-state index in [2.05, 4.69) is 0 Å². The number of hydrogen-bond donors (Lipinski definition) is 5. The van der Waals surface area contributed by atoms with E-state index in [4.69, 9.17) is 10.2 Å². The summed E-state index contributed by atoms with van der Waals surface area (Å²) in [5, 5.41) is 46.6. The van der Waals surface area contributed by atoms with Gasteiger partial charge in [-0.25, -0.2) is 9.59 Å². The Labute approximate surface area is 215 Å². The average molecular weight is 664 g/mol. The molecular formula is C17H6F18O7. The van der Waals surface area contributed by atoms with Crippen molar-refractivity contribution in [3.63, 3.8) is 0 Å². The fourth-order valence-corrected chi connectivity index (χ4v) is 3.47. The lowest BCUT2D eigenvalue weighted by atomic mass is 9.70. The lowest BCUT2D eigenvalue weighted by Crippen LogP contribution is -2.63. The summed E-state index contributed by atoms with van der Waals surface area (Å²) in [6, 6.07) is -1.67. The van der Waals surface area contributed by atoms with Crippen LogP contribution in [0.25, 0.3) is 0 Å². The highest BCUT2D eigenvalue weighted by Gasteiger charge is 2.82. The normalized spacial score (nSPS) is 15.2. The van der Waals surface area contributed by atoms with Crippen LogP contribution < -0.4 is 0 Å². The molecule has 0 amide bonds. The Balaban J connectivity index is 5.44. The number of alkyl halides is 18. The number of rotatable bonds is 5. The van der Waals surface area contributed by atoms with Gasteiger partial charge in [-0.15, -0.1) is 0 Å². The van der Waals surface area contributed by atoms with Gasteiger partial charge in [0.2, 0.25) is 0 Å². The molecule has 0 aromatic heterocycles. The maximum atomic E-state index is 13.7. The zero-order chi connectivity index (χ0) is 34.2. The second kappa shape index (κ2) is 9.65. The monoisotopic (exact) mass is 664 g/mol. The summed E-state index contributed by atoms with van der Waals surface area (Å²) in [6.07, 6.45) is -48.0. The van der Waals surface area contributed by atoms with Crippen molar-refractivity contribution in [2.75, 3.05) is 0 Å². The Morgan fingerprint density at radius 3 is 0.714 bits per heavy atom. The Morgan fingerprint density at radius 2 is 0.571 bits per heavy atom. The van der Waals surface area contributed by atoms with Crippen LogP contribution in [0.3, 0.4) is 0 Å². The second-order valence-corrected chi connectivity index (χ2v) is 7.82. The minimum absolute atomic E-state index is 1.67. The second-order valence-electron chi connectivity index (χ2n) is 7.82. The Bertz CT molecular complexity index is 1130. The predicted molar refractivity (Wildman–Crippen MR) is 88.4 cm³/mol. The van der Waals surface area contributed by atoms with Gasteiger partial charge in [0, 0.05) is 16.7 Å². The van der Waals surface area contributed by atoms with Crippen molar-refractivity contribution < 1.29 is 114 Å². The molecule has 242 valence electrons. The molecule has 0 fully saturated rings. The Hall–Kier alpha value is -3.22. The van der Waals surface area contributed by atoms with E-state index in [1.165, 1.54) is 0 Å². The SMILES string of the molecule is O=C(O)c1cc(C(=O)O)c(C(O)(C(F)(F)F)C(F)(F)F)c(C(O)(C(F)(F)F)C(F)(F)F)c1C(O)(C(F)(F)F)C(F)(F)F. The van der Waals surface area contributed by atoms with Gasteiger partial charge in [-0.05, 0) is 6.07 Å². The van der Waals surface area contributed by atoms with Gasteiger partial charge in [0.1, 0.15) is 0 Å². The summed E-state index contributed by atoms with van der Waals surface area (Å²) in [5.74, 6) is -7.47. The van der Waals surface area contributed by atoms with Crippen LogP contribution in [-0.4, -0.2) is 74.5 Å². The van der Waals surface area contributed by atoms with Gasteiger partial charge < -0.3 is 25.5 Å². The van der Waals surface area contributed by atoms with Gasteiger partial charge in [0.15, 0.2) is 0 Å². The molecular weight excluding hydrogens is 658 g/mol. The van der Waals surface area contributed by atoms with Gasteiger partial charge in [-0.2, -0.15) is 79.0 Å². The number of carboxylic acid groups (broad SMARTS) is 2. The van der Waals surface area contributed by atoms with Crippen LogP contribution in [0.5, 0.6) is 0 Å². The molecule has 0 radical (unpaired) electrons. The van der Waals surface area contributed by atoms with Gasteiger partial charge in [0.05, 0.1) is 11.1 Å². The van der Waals surface area contributed by atoms with Crippen molar-refractivity contribution in [1.82, 2.24) is 0 Å². The van der Waals surface area contributed by atoms with E-state index in [0.29, 0.717) is 0 Å². The molecule has 1 aromatic carbocycles. The number of halogens is 18. The molecule has 0 saturated heterocycles. The molecule has 0 aliphatic heterocycles. The minimum Gasteiger partial charge on any atom is -0.478 e. The fourth-order valence-electron chi connectivity index (χ4n) is 3.47. The lowest BCUT2D eigenvalue weighted by Gasteiger charge is -2.44. The largest absolute Gasteiger partial charge is 0.478 e. The molecule has 5 N–H and O–H groups in total. The lowest BCUT2D eigenvalue weighted by molar-refractivity contribution is -0.393. The molecule has 25 heteroatoms. The van der Waals surface area contributed by atoms with E-state index in [1.807, 2.05) is 0 Å². The van der Waals surface area contributed by atoms with Gasteiger partial charge in [-0.1, -0.05) is 0 Å². The van der Waals surface area contributed by atoms with Crippen LogP contribution >= 0.6 is 0 Å². The first-order chi connectivity index (χ1) is 18.0. The average Bonchev–Trinajstić information content (AvgIpc) is 2.70. The van der Waals surface area contributed by atoms with Crippen LogP contribution in [0.4, 0.5) is 79.0 Å². The van der Waals surface area contributed by atoms with Crippen LogP contribution in [0, 0.1) is 0 Å². The molecule has 0 aliphatic carbocycles. The molecule has 42 heavy (non-hydrogen) atoms. The van der Waals surface area contributed by atoms with Gasteiger partial charge in [0.25, 0.3) is 16.8 Å². The summed E-state index contributed by atoms with van der Waals surface area (Å²) < 4.78 is 246. The van der Waals surface area contributed by atoms with E-state index in [1.54, 1.807) is 0 Å². The van der Waals surface area contributed by atoms with E-state index in [0.717, 1.165) is 0 Å². The van der Waals surface area contributed by atoms with Crippen LogP contribution in [0.15, 0.2) is 6.07 Å². The summed E-state index contributed by atoms with van der Waals surface area (Å²) in [7, 11) is 0.